The summed E-state index contributed by atoms with van der Waals surface area (Å²) in [6, 6.07) is 8.84. The van der Waals surface area contributed by atoms with Gasteiger partial charge in [-0.05, 0) is 54.6 Å². The molecule has 1 N–H and O–H groups in total. The first-order valence-corrected chi connectivity index (χ1v) is 12.9. The molecule has 10 heteroatoms. The topological polar surface area (TPSA) is 90.0 Å². The Morgan fingerprint density at radius 2 is 1.97 bits per heavy atom. The number of carbonyl (C=O) groups is 2. The van der Waals surface area contributed by atoms with Crippen LogP contribution < -0.4 is 10.2 Å². The summed E-state index contributed by atoms with van der Waals surface area (Å²) in [7, 11) is -0.527. The lowest BCUT2D eigenvalue weighted by Gasteiger charge is -2.32. The maximum atomic E-state index is 13.1. The molecule has 0 bridgehead atoms. The van der Waals surface area contributed by atoms with Crippen molar-refractivity contribution in [3.63, 3.8) is 0 Å². The van der Waals surface area contributed by atoms with Gasteiger partial charge < -0.3 is 10.2 Å². The number of aryl methyl sites for hydroxylation is 1. The van der Waals surface area contributed by atoms with Crippen molar-refractivity contribution in [2.75, 3.05) is 45.2 Å². The number of carbonyl (C=O) groups excluding carboxylic acids is 2. The van der Waals surface area contributed by atoms with Crippen molar-refractivity contribution in [3.8, 4) is 0 Å². The van der Waals surface area contributed by atoms with Gasteiger partial charge in [0.2, 0.25) is 21.8 Å². The van der Waals surface area contributed by atoms with Crippen molar-refractivity contribution >= 4 is 38.9 Å². The Labute approximate surface area is 193 Å². The molecule has 1 aliphatic heterocycles. The van der Waals surface area contributed by atoms with Gasteiger partial charge in [0.1, 0.15) is 0 Å². The molecule has 0 spiro atoms. The number of benzene rings is 1. The molecule has 32 heavy (non-hydrogen) atoms. The monoisotopic (exact) mass is 478 g/mol. The van der Waals surface area contributed by atoms with Gasteiger partial charge in [-0.15, -0.1) is 11.3 Å². The minimum Gasteiger partial charge on any atom is -0.350 e. The lowest BCUT2D eigenvalue weighted by atomic mass is 10.0. The van der Waals surface area contributed by atoms with E-state index < -0.39 is 10.0 Å². The van der Waals surface area contributed by atoms with E-state index in [0.717, 1.165) is 29.0 Å². The van der Waals surface area contributed by atoms with Crippen molar-refractivity contribution in [2.45, 2.75) is 31.2 Å². The van der Waals surface area contributed by atoms with E-state index in [-0.39, 0.29) is 29.8 Å². The molecule has 2 heterocycles. The molecule has 2 aromatic rings. The average Bonchev–Trinajstić information content (AvgIpc) is 3.30. The molecule has 0 fully saturated rings. The molecular weight excluding hydrogens is 448 g/mol. The second-order valence-corrected chi connectivity index (χ2v) is 11.1. The van der Waals surface area contributed by atoms with Crippen LogP contribution in [0, 0.1) is 0 Å². The van der Waals surface area contributed by atoms with E-state index in [1.807, 2.05) is 29.3 Å². The van der Waals surface area contributed by atoms with Crippen LogP contribution in [-0.4, -0.2) is 69.7 Å². The van der Waals surface area contributed by atoms with Gasteiger partial charge in [0.05, 0.1) is 24.5 Å². The molecule has 1 aromatic carbocycles. The van der Waals surface area contributed by atoms with Crippen LogP contribution in [0.4, 0.5) is 5.69 Å². The maximum Gasteiger partial charge on any atom is 0.242 e. The van der Waals surface area contributed by atoms with Gasteiger partial charge in [-0.1, -0.05) is 13.0 Å². The van der Waals surface area contributed by atoms with Crippen molar-refractivity contribution < 1.29 is 18.0 Å². The zero-order valence-corrected chi connectivity index (χ0v) is 20.3. The third-order valence-electron chi connectivity index (χ3n) is 5.46. The number of rotatable bonds is 9. The van der Waals surface area contributed by atoms with E-state index in [9.17, 15) is 18.0 Å². The van der Waals surface area contributed by atoms with Gasteiger partial charge in [-0.2, -0.15) is 0 Å². The smallest absolute Gasteiger partial charge is 0.242 e. The second kappa shape index (κ2) is 10.6. The van der Waals surface area contributed by atoms with E-state index in [1.165, 1.54) is 18.4 Å². The van der Waals surface area contributed by atoms with Crippen LogP contribution in [0.2, 0.25) is 0 Å². The highest BCUT2D eigenvalue weighted by Gasteiger charge is 2.26. The molecule has 174 valence electrons. The van der Waals surface area contributed by atoms with Gasteiger partial charge in [-0.25, -0.2) is 12.7 Å². The summed E-state index contributed by atoms with van der Waals surface area (Å²) in [6.07, 6.45) is 1.48. The van der Waals surface area contributed by atoms with Gasteiger partial charge >= 0.3 is 0 Å². The molecule has 0 unspecified atom stereocenters. The molecule has 2 amide bonds. The molecular formula is C22H30N4O4S2. The Hall–Kier alpha value is -2.27. The SMILES string of the molecule is CCN(CC(=O)NCc1cccs1)CC(=O)N1CCCc2cc(S(=O)(=O)N(C)C)ccc21. The lowest BCUT2D eigenvalue weighted by molar-refractivity contribution is -0.124. The van der Waals surface area contributed by atoms with Gasteiger partial charge in [0.25, 0.3) is 0 Å². The number of hydrogen-bond acceptors (Lipinski definition) is 6. The zero-order chi connectivity index (χ0) is 23.3. The fourth-order valence-electron chi connectivity index (χ4n) is 3.62. The normalized spacial score (nSPS) is 14.0. The van der Waals surface area contributed by atoms with Crippen LogP contribution in [0.15, 0.2) is 40.6 Å². The van der Waals surface area contributed by atoms with Gasteiger partial charge in [0.15, 0.2) is 0 Å². The summed E-state index contributed by atoms with van der Waals surface area (Å²) in [6.45, 7) is 3.82. The summed E-state index contributed by atoms with van der Waals surface area (Å²) in [5.41, 5.74) is 1.60. The minimum absolute atomic E-state index is 0.0953. The average molecular weight is 479 g/mol. The highest BCUT2D eigenvalue weighted by molar-refractivity contribution is 7.89. The Morgan fingerprint density at radius 3 is 2.62 bits per heavy atom. The molecule has 3 rings (SSSR count). The molecule has 0 saturated carbocycles. The predicted octanol–water partition coefficient (Wildman–Crippen LogP) is 1.92. The number of nitrogens with zero attached hydrogens (tertiary/aromatic N) is 3. The first kappa shape index (κ1) is 24.4. The first-order valence-electron chi connectivity index (χ1n) is 10.6. The summed E-state index contributed by atoms with van der Waals surface area (Å²) in [5, 5.41) is 4.86. The molecule has 0 atom stereocenters. The van der Waals surface area contributed by atoms with E-state index in [2.05, 4.69) is 5.32 Å². The highest BCUT2D eigenvalue weighted by atomic mass is 32.2. The number of sulfonamides is 1. The lowest BCUT2D eigenvalue weighted by Crippen LogP contribution is -2.45. The third-order valence-corrected chi connectivity index (χ3v) is 8.15. The fourth-order valence-corrected chi connectivity index (χ4v) is 5.22. The summed E-state index contributed by atoms with van der Waals surface area (Å²) < 4.78 is 26.1. The number of anilines is 1. The maximum absolute atomic E-state index is 13.1. The van der Waals surface area contributed by atoms with Gasteiger partial charge in [0, 0.05) is 31.2 Å². The van der Waals surface area contributed by atoms with Crippen molar-refractivity contribution in [3.05, 3.63) is 46.2 Å². The Bertz CT molecular complexity index is 1050. The van der Waals surface area contributed by atoms with E-state index in [4.69, 9.17) is 0 Å². The van der Waals surface area contributed by atoms with E-state index >= 15 is 0 Å². The highest BCUT2D eigenvalue weighted by Crippen LogP contribution is 2.30. The molecule has 8 nitrogen and oxygen atoms in total. The van der Waals surface area contributed by atoms with E-state index in [1.54, 1.807) is 34.4 Å². The number of thiophene rings is 1. The summed E-state index contributed by atoms with van der Waals surface area (Å²) in [4.78, 5) is 30.2. The molecule has 0 saturated heterocycles. The van der Waals surface area contributed by atoms with Crippen molar-refractivity contribution in [2.24, 2.45) is 0 Å². The van der Waals surface area contributed by atoms with Crippen LogP contribution in [-0.2, 0) is 32.6 Å². The number of nitrogens with one attached hydrogen (secondary N) is 1. The molecule has 1 aromatic heterocycles. The largest absolute Gasteiger partial charge is 0.350 e. The number of likely N-dealkylation sites (N-methyl/N-ethyl adjacent to an activating group) is 1. The number of fused-ring (bicyclic) bond motifs is 1. The van der Waals surface area contributed by atoms with Crippen LogP contribution in [0.5, 0.6) is 0 Å². The van der Waals surface area contributed by atoms with Crippen molar-refractivity contribution in [1.82, 2.24) is 14.5 Å². The molecule has 0 radical (unpaired) electrons. The third kappa shape index (κ3) is 5.74. The Morgan fingerprint density at radius 1 is 1.19 bits per heavy atom. The Balaban J connectivity index is 1.65. The van der Waals surface area contributed by atoms with E-state index in [0.29, 0.717) is 19.6 Å². The molecule has 0 aliphatic carbocycles. The zero-order valence-electron chi connectivity index (χ0n) is 18.7. The molecule has 1 aliphatic rings. The second-order valence-electron chi connectivity index (χ2n) is 7.89. The van der Waals surface area contributed by atoms with Crippen LogP contribution >= 0.6 is 11.3 Å². The quantitative estimate of drug-likeness (QED) is 0.595. The van der Waals surface area contributed by atoms with Gasteiger partial charge in [-0.3, -0.25) is 14.5 Å². The standard InChI is InChI=1S/C22H30N4O4S2/c1-4-25(15-21(27)23-14-18-8-6-12-31-18)16-22(28)26-11-5-7-17-13-19(9-10-20(17)26)32(29,30)24(2)3/h6,8-10,12-13H,4-5,7,11,14-16H2,1-3H3,(H,23,27). The number of amides is 2. The van der Waals surface area contributed by atoms with Crippen LogP contribution in [0.25, 0.3) is 0 Å². The fraction of sp³-hybridized carbons (Fsp3) is 0.455. The number of hydrogen-bond donors (Lipinski definition) is 1. The summed E-state index contributed by atoms with van der Waals surface area (Å²) in [5.74, 6) is -0.215. The van der Waals surface area contributed by atoms with Crippen LogP contribution in [0.1, 0.15) is 23.8 Å². The predicted molar refractivity (Wildman–Crippen MR) is 126 cm³/mol. The van der Waals surface area contributed by atoms with Crippen LogP contribution in [0.3, 0.4) is 0 Å². The Kier molecular flexibility index (Phi) is 8.05. The van der Waals surface area contributed by atoms with Crippen molar-refractivity contribution in [1.29, 1.82) is 0 Å². The summed E-state index contributed by atoms with van der Waals surface area (Å²) >= 11 is 1.59. The minimum atomic E-state index is -3.53. The first-order chi connectivity index (χ1) is 15.2.